The molecule has 20 heavy (non-hydrogen) atoms. The van der Waals surface area contributed by atoms with E-state index < -0.39 is 5.60 Å². The fraction of sp³-hybridized carbons (Fsp3) is 0.643. The highest BCUT2D eigenvalue weighted by Crippen LogP contribution is 2.14. The summed E-state index contributed by atoms with van der Waals surface area (Å²) >= 11 is 1.51. The fourth-order valence-corrected chi connectivity index (χ4v) is 3.08. The van der Waals surface area contributed by atoms with Crippen LogP contribution in [0.5, 0.6) is 0 Å². The van der Waals surface area contributed by atoms with Gasteiger partial charge >= 0.3 is 0 Å². The molecule has 1 saturated heterocycles. The molecule has 6 heteroatoms. The molecule has 1 amide bonds. The van der Waals surface area contributed by atoms with Crippen LogP contribution in [0.4, 0.5) is 0 Å². The molecule has 0 radical (unpaired) electrons. The number of β-amino-alcohol motifs (C(OH)–C–C–N with tert-alkyl or cyclic N) is 1. The van der Waals surface area contributed by atoms with Gasteiger partial charge in [0.1, 0.15) is 0 Å². The highest BCUT2D eigenvalue weighted by Gasteiger charge is 2.26. The first-order valence-corrected chi connectivity index (χ1v) is 7.76. The van der Waals surface area contributed by atoms with Crippen molar-refractivity contribution >= 4 is 17.2 Å². The Kier molecular flexibility index (Phi) is 5.15. The van der Waals surface area contributed by atoms with Crippen molar-refractivity contribution in [3.63, 3.8) is 0 Å². The van der Waals surface area contributed by atoms with E-state index >= 15 is 0 Å². The number of thiophene rings is 1. The monoisotopic (exact) mass is 298 g/mol. The Morgan fingerprint density at radius 1 is 1.50 bits per heavy atom. The Hall–Kier alpha value is -0.950. The molecule has 1 aliphatic rings. The van der Waals surface area contributed by atoms with E-state index in [0.717, 1.165) is 18.7 Å². The summed E-state index contributed by atoms with van der Waals surface area (Å²) < 4.78 is 5.28. The number of carbonyl (C=O) groups excluding carboxylic acids is 1. The van der Waals surface area contributed by atoms with Crippen LogP contribution in [0.25, 0.3) is 0 Å². The lowest BCUT2D eigenvalue weighted by Crippen LogP contribution is -2.51. The van der Waals surface area contributed by atoms with Crippen LogP contribution >= 0.6 is 11.3 Å². The molecule has 112 valence electrons. The van der Waals surface area contributed by atoms with Gasteiger partial charge in [-0.1, -0.05) is 0 Å². The molecular formula is C14H22N2O3S. The molecule has 1 atom stereocenters. The number of amides is 1. The summed E-state index contributed by atoms with van der Waals surface area (Å²) in [5.41, 5.74) is 0.731. The highest BCUT2D eigenvalue weighted by molar-refractivity contribution is 7.08. The van der Waals surface area contributed by atoms with Crippen molar-refractivity contribution in [3.05, 3.63) is 21.9 Å². The molecule has 0 bridgehead atoms. The smallest absolute Gasteiger partial charge is 0.252 e. The summed E-state index contributed by atoms with van der Waals surface area (Å²) in [6, 6.07) is 0. The first kappa shape index (κ1) is 15.4. The van der Waals surface area contributed by atoms with Gasteiger partial charge in [0.25, 0.3) is 5.91 Å². The summed E-state index contributed by atoms with van der Waals surface area (Å²) in [4.78, 5) is 14.2. The first-order valence-electron chi connectivity index (χ1n) is 6.81. The maximum Gasteiger partial charge on any atom is 0.252 e. The van der Waals surface area contributed by atoms with Gasteiger partial charge in [-0.15, -0.1) is 0 Å². The normalized spacial score (nSPS) is 19.6. The molecule has 0 aromatic carbocycles. The summed E-state index contributed by atoms with van der Waals surface area (Å²) in [7, 11) is 0. The van der Waals surface area contributed by atoms with E-state index in [0.29, 0.717) is 25.3 Å². The Morgan fingerprint density at radius 2 is 2.20 bits per heavy atom. The van der Waals surface area contributed by atoms with Gasteiger partial charge in [0, 0.05) is 31.6 Å². The number of morpholine rings is 1. The van der Waals surface area contributed by atoms with Crippen LogP contribution in [0.2, 0.25) is 0 Å². The topological polar surface area (TPSA) is 61.8 Å². The number of hydrogen-bond acceptors (Lipinski definition) is 5. The zero-order valence-electron chi connectivity index (χ0n) is 12.0. The van der Waals surface area contributed by atoms with Crippen molar-refractivity contribution in [2.45, 2.75) is 19.4 Å². The Labute approximate surface area is 123 Å². The van der Waals surface area contributed by atoms with Crippen molar-refractivity contribution in [2.24, 2.45) is 0 Å². The van der Waals surface area contributed by atoms with Crippen LogP contribution in [-0.2, 0) is 4.74 Å². The second-order valence-electron chi connectivity index (χ2n) is 5.54. The van der Waals surface area contributed by atoms with E-state index in [2.05, 4.69) is 10.2 Å². The van der Waals surface area contributed by atoms with Crippen LogP contribution in [0.1, 0.15) is 22.8 Å². The maximum atomic E-state index is 12.0. The molecule has 0 spiro atoms. The maximum absolute atomic E-state index is 12.0. The lowest BCUT2D eigenvalue weighted by atomic mass is 10.1. The van der Waals surface area contributed by atoms with Crippen LogP contribution < -0.4 is 5.32 Å². The molecule has 2 rings (SSSR count). The van der Waals surface area contributed by atoms with Gasteiger partial charge in [0.05, 0.1) is 24.4 Å². The van der Waals surface area contributed by atoms with Gasteiger partial charge in [-0.05, 0) is 24.8 Å². The minimum atomic E-state index is -0.934. The lowest BCUT2D eigenvalue weighted by Gasteiger charge is -2.33. The quantitative estimate of drug-likeness (QED) is 0.847. The molecule has 2 heterocycles. The second-order valence-corrected chi connectivity index (χ2v) is 6.28. The average molecular weight is 298 g/mol. The summed E-state index contributed by atoms with van der Waals surface area (Å²) in [6.07, 6.45) is 0. The molecule has 1 aromatic heterocycles. The molecule has 0 saturated carbocycles. The minimum Gasteiger partial charge on any atom is -0.387 e. The van der Waals surface area contributed by atoms with Crippen LogP contribution in [0, 0.1) is 6.92 Å². The van der Waals surface area contributed by atoms with Gasteiger partial charge in [-0.25, -0.2) is 0 Å². The third-order valence-electron chi connectivity index (χ3n) is 3.40. The number of carbonyl (C=O) groups is 1. The van der Waals surface area contributed by atoms with Gasteiger partial charge in [-0.3, -0.25) is 9.69 Å². The first-order chi connectivity index (χ1) is 9.48. The summed E-state index contributed by atoms with van der Waals surface area (Å²) in [6.45, 7) is 7.52. The van der Waals surface area contributed by atoms with E-state index in [4.69, 9.17) is 4.74 Å². The third-order valence-corrected chi connectivity index (χ3v) is 4.26. The average Bonchev–Trinajstić information content (AvgIpc) is 2.83. The molecule has 0 aliphatic carbocycles. The highest BCUT2D eigenvalue weighted by atomic mass is 32.1. The van der Waals surface area contributed by atoms with Crippen molar-refractivity contribution in [1.29, 1.82) is 0 Å². The van der Waals surface area contributed by atoms with Crippen molar-refractivity contribution in [2.75, 3.05) is 39.4 Å². The zero-order valence-corrected chi connectivity index (χ0v) is 12.8. The van der Waals surface area contributed by atoms with Crippen LogP contribution in [-0.4, -0.2) is 60.9 Å². The van der Waals surface area contributed by atoms with Crippen LogP contribution in [0.15, 0.2) is 10.8 Å². The Balaban J connectivity index is 1.82. The van der Waals surface area contributed by atoms with E-state index in [1.807, 2.05) is 17.7 Å². The van der Waals surface area contributed by atoms with E-state index in [1.54, 1.807) is 6.92 Å². The van der Waals surface area contributed by atoms with Crippen molar-refractivity contribution in [1.82, 2.24) is 10.2 Å². The van der Waals surface area contributed by atoms with E-state index in [1.165, 1.54) is 11.3 Å². The molecule has 1 aromatic rings. The largest absolute Gasteiger partial charge is 0.387 e. The van der Waals surface area contributed by atoms with E-state index in [9.17, 15) is 9.90 Å². The second kappa shape index (κ2) is 6.67. The third kappa shape index (κ3) is 4.28. The number of nitrogens with zero attached hydrogens (tertiary/aromatic N) is 1. The Bertz CT molecular complexity index is 453. The van der Waals surface area contributed by atoms with Crippen molar-refractivity contribution in [3.8, 4) is 0 Å². The lowest BCUT2D eigenvalue weighted by molar-refractivity contribution is -0.0213. The minimum absolute atomic E-state index is 0.119. The zero-order chi connectivity index (χ0) is 14.6. The molecule has 1 fully saturated rings. The number of nitrogens with one attached hydrogen (secondary N) is 1. The fourth-order valence-electron chi connectivity index (χ4n) is 2.26. The van der Waals surface area contributed by atoms with Gasteiger partial charge in [0.2, 0.25) is 0 Å². The number of ether oxygens (including phenoxy) is 1. The standard InChI is InChI=1S/C14H22N2O3S/c1-11-7-20-8-12(11)13(17)15-9-14(2,18)10-16-3-5-19-6-4-16/h7-8,18H,3-6,9-10H2,1-2H3,(H,15,17). The molecular weight excluding hydrogens is 276 g/mol. The summed E-state index contributed by atoms with van der Waals surface area (Å²) in [5.74, 6) is -0.119. The van der Waals surface area contributed by atoms with Gasteiger partial charge < -0.3 is 15.2 Å². The van der Waals surface area contributed by atoms with Crippen LogP contribution in [0.3, 0.4) is 0 Å². The van der Waals surface area contributed by atoms with Crippen molar-refractivity contribution < 1.29 is 14.6 Å². The molecule has 1 unspecified atom stereocenters. The predicted molar refractivity (Wildman–Crippen MR) is 79.3 cm³/mol. The Morgan fingerprint density at radius 3 is 2.80 bits per heavy atom. The number of aliphatic hydroxyl groups is 1. The number of aryl methyl sites for hydroxylation is 1. The predicted octanol–water partition coefficient (Wildman–Crippen LogP) is 0.870. The van der Waals surface area contributed by atoms with E-state index in [-0.39, 0.29) is 12.5 Å². The number of rotatable bonds is 5. The SMILES string of the molecule is Cc1cscc1C(=O)NCC(C)(O)CN1CCOCC1. The van der Waals surface area contributed by atoms with Gasteiger partial charge in [-0.2, -0.15) is 11.3 Å². The molecule has 5 nitrogen and oxygen atoms in total. The summed E-state index contributed by atoms with van der Waals surface area (Å²) in [5, 5.41) is 17.0. The molecule has 2 N–H and O–H groups in total. The number of hydrogen-bond donors (Lipinski definition) is 2. The molecule has 1 aliphatic heterocycles. The van der Waals surface area contributed by atoms with Gasteiger partial charge in [0.15, 0.2) is 0 Å².